The van der Waals surface area contributed by atoms with Crippen molar-refractivity contribution in [3.05, 3.63) is 71.6 Å². The Bertz CT molecular complexity index is 939. The van der Waals surface area contributed by atoms with E-state index in [0.29, 0.717) is 0 Å². The molecule has 0 bridgehead atoms. The maximum Gasteiger partial charge on any atom is 0.416 e. The predicted molar refractivity (Wildman–Crippen MR) is 96.1 cm³/mol. The van der Waals surface area contributed by atoms with Crippen LogP contribution in [0, 0.1) is 0 Å². The zero-order chi connectivity index (χ0) is 20.1. The molecule has 0 spiro atoms. The van der Waals surface area contributed by atoms with Crippen LogP contribution in [0.2, 0.25) is 0 Å². The highest BCUT2D eigenvalue weighted by Crippen LogP contribution is 2.31. The Morgan fingerprint density at radius 3 is 2.61 bits per heavy atom. The summed E-state index contributed by atoms with van der Waals surface area (Å²) in [4.78, 5) is 16.2. The number of aryl methyl sites for hydroxylation is 1. The normalized spacial score (nSPS) is 12.6. The maximum absolute atomic E-state index is 12.8. The molecule has 0 aliphatic heterocycles. The fourth-order valence-corrected chi connectivity index (χ4v) is 2.67. The van der Waals surface area contributed by atoms with Gasteiger partial charge in [-0.25, -0.2) is 0 Å². The third-order valence-corrected chi connectivity index (χ3v) is 4.16. The summed E-state index contributed by atoms with van der Waals surface area (Å²) < 4.78 is 43.5. The zero-order valence-corrected chi connectivity index (χ0v) is 15.0. The van der Waals surface area contributed by atoms with Crippen LogP contribution >= 0.6 is 0 Å². The molecule has 5 nitrogen and oxygen atoms in total. The number of amides is 1. The van der Waals surface area contributed by atoms with Crippen LogP contribution < -0.4 is 5.32 Å². The second-order valence-electron chi connectivity index (χ2n) is 6.29. The molecule has 0 aliphatic carbocycles. The van der Waals surface area contributed by atoms with Gasteiger partial charge in [-0.1, -0.05) is 47.6 Å². The van der Waals surface area contributed by atoms with Crippen molar-refractivity contribution in [2.24, 2.45) is 0 Å². The van der Waals surface area contributed by atoms with Gasteiger partial charge in [0.1, 0.15) is 0 Å². The van der Waals surface area contributed by atoms with Crippen molar-refractivity contribution >= 4 is 5.91 Å². The first kappa shape index (κ1) is 19.6. The molecule has 0 fully saturated rings. The van der Waals surface area contributed by atoms with E-state index in [1.54, 1.807) is 0 Å². The van der Waals surface area contributed by atoms with Crippen LogP contribution in [-0.4, -0.2) is 16.0 Å². The smallest absolute Gasteiger partial charge is 0.350 e. The summed E-state index contributed by atoms with van der Waals surface area (Å²) in [5.41, 5.74) is 0.401. The van der Waals surface area contributed by atoms with Crippen LogP contribution in [0.5, 0.6) is 0 Å². The SMILES string of the molecule is C[C@@H](NC(=O)CCc1nc(-c2cccc(C(F)(F)F)c2)no1)c1ccccc1. The van der Waals surface area contributed by atoms with Gasteiger partial charge in [-0.3, -0.25) is 4.79 Å². The molecule has 1 heterocycles. The van der Waals surface area contributed by atoms with Crippen molar-refractivity contribution in [1.82, 2.24) is 15.5 Å². The molecule has 0 saturated heterocycles. The van der Waals surface area contributed by atoms with E-state index < -0.39 is 11.7 Å². The molecule has 0 aliphatic rings. The molecule has 0 radical (unpaired) electrons. The zero-order valence-electron chi connectivity index (χ0n) is 15.0. The Morgan fingerprint density at radius 1 is 1.14 bits per heavy atom. The lowest BCUT2D eigenvalue weighted by Crippen LogP contribution is -2.26. The Kier molecular flexibility index (Phi) is 5.77. The molecule has 0 unspecified atom stereocenters. The number of nitrogens with zero attached hydrogens (tertiary/aromatic N) is 2. The first-order chi connectivity index (χ1) is 13.3. The van der Waals surface area contributed by atoms with E-state index in [4.69, 9.17) is 4.52 Å². The van der Waals surface area contributed by atoms with E-state index in [-0.39, 0.29) is 42.1 Å². The molecule has 3 rings (SSSR count). The summed E-state index contributed by atoms with van der Waals surface area (Å²) in [6, 6.07) is 14.1. The van der Waals surface area contributed by atoms with Gasteiger partial charge in [0.15, 0.2) is 0 Å². The second-order valence-corrected chi connectivity index (χ2v) is 6.29. The van der Waals surface area contributed by atoms with E-state index >= 15 is 0 Å². The van der Waals surface area contributed by atoms with Crippen molar-refractivity contribution in [2.45, 2.75) is 32.0 Å². The summed E-state index contributed by atoms with van der Waals surface area (Å²) in [5.74, 6) is 0.0595. The summed E-state index contributed by atoms with van der Waals surface area (Å²) in [6.45, 7) is 1.88. The number of alkyl halides is 3. The minimum Gasteiger partial charge on any atom is -0.350 e. The van der Waals surface area contributed by atoms with E-state index in [2.05, 4.69) is 15.5 Å². The number of rotatable bonds is 6. The quantitative estimate of drug-likeness (QED) is 0.671. The van der Waals surface area contributed by atoms with Gasteiger partial charge in [0, 0.05) is 18.4 Å². The van der Waals surface area contributed by atoms with Gasteiger partial charge >= 0.3 is 6.18 Å². The molecule has 146 valence electrons. The Morgan fingerprint density at radius 2 is 1.89 bits per heavy atom. The average Bonchev–Trinajstić information content (AvgIpc) is 3.16. The van der Waals surface area contributed by atoms with Crippen LogP contribution in [0.3, 0.4) is 0 Å². The van der Waals surface area contributed by atoms with Crippen LogP contribution in [0.15, 0.2) is 59.1 Å². The van der Waals surface area contributed by atoms with E-state index in [1.807, 2.05) is 37.3 Å². The van der Waals surface area contributed by atoms with Gasteiger partial charge in [0.2, 0.25) is 17.6 Å². The number of hydrogen-bond acceptors (Lipinski definition) is 4. The summed E-state index contributed by atoms with van der Waals surface area (Å²) >= 11 is 0. The van der Waals surface area contributed by atoms with Crippen LogP contribution in [0.1, 0.15) is 36.4 Å². The molecule has 2 aromatic carbocycles. The molecule has 8 heteroatoms. The number of aromatic nitrogens is 2. The van der Waals surface area contributed by atoms with Gasteiger partial charge < -0.3 is 9.84 Å². The minimum atomic E-state index is -4.45. The first-order valence-corrected chi connectivity index (χ1v) is 8.67. The Balaban J connectivity index is 1.58. The largest absolute Gasteiger partial charge is 0.416 e. The second kappa shape index (κ2) is 8.24. The van der Waals surface area contributed by atoms with E-state index in [0.717, 1.165) is 17.7 Å². The Labute approximate surface area is 159 Å². The fourth-order valence-electron chi connectivity index (χ4n) is 2.67. The molecule has 1 atom stereocenters. The number of benzene rings is 2. The van der Waals surface area contributed by atoms with Crippen LogP contribution in [0.4, 0.5) is 13.2 Å². The van der Waals surface area contributed by atoms with Gasteiger partial charge in [-0.05, 0) is 24.6 Å². The number of carbonyl (C=O) groups is 1. The first-order valence-electron chi connectivity index (χ1n) is 8.67. The Hall–Kier alpha value is -3.16. The lowest BCUT2D eigenvalue weighted by atomic mass is 10.1. The number of hydrogen-bond donors (Lipinski definition) is 1. The highest BCUT2D eigenvalue weighted by molar-refractivity contribution is 5.76. The van der Waals surface area contributed by atoms with Crippen molar-refractivity contribution in [2.75, 3.05) is 0 Å². The summed E-state index contributed by atoms with van der Waals surface area (Å²) in [6.07, 6.45) is -4.13. The van der Waals surface area contributed by atoms with E-state index in [1.165, 1.54) is 12.1 Å². The minimum absolute atomic E-state index is 0.0548. The molecule has 1 aromatic heterocycles. The maximum atomic E-state index is 12.8. The number of carbonyl (C=O) groups excluding carboxylic acids is 1. The topological polar surface area (TPSA) is 68.0 Å². The van der Waals surface area contributed by atoms with Crippen molar-refractivity contribution in [3.63, 3.8) is 0 Å². The van der Waals surface area contributed by atoms with Gasteiger partial charge in [0.25, 0.3) is 0 Å². The molecule has 3 aromatic rings. The van der Waals surface area contributed by atoms with Gasteiger partial charge in [-0.15, -0.1) is 0 Å². The number of nitrogens with one attached hydrogen (secondary N) is 1. The van der Waals surface area contributed by atoms with Crippen molar-refractivity contribution < 1.29 is 22.5 Å². The molecule has 28 heavy (non-hydrogen) atoms. The van der Waals surface area contributed by atoms with Gasteiger partial charge in [-0.2, -0.15) is 18.2 Å². The average molecular weight is 389 g/mol. The monoisotopic (exact) mass is 389 g/mol. The lowest BCUT2D eigenvalue weighted by molar-refractivity contribution is -0.137. The van der Waals surface area contributed by atoms with Crippen molar-refractivity contribution in [1.29, 1.82) is 0 Å². The standard InChI is InChI=1S/C20H18F3N3O2/c1-13(14-6-3-2-4-7-14)24-17(27)10-11-18-25-19(26-28-18)15-8-5-9-16(12-15)20(21,22)23/h2-9,12-13H,10-11H2,1H3,(H,24,27)/t13-/m1/s1. The highest BCUT2D eigenvalue weighted by atomic mass is 19.4. The molecule has 1 N–H and O–H groups in total. The summed E-state index contributed by atoms with van der Waals surface area (Å²) in [5, 5.41) is 6.59. The molecule has 0 saturated carbocycles. The van der Waals surface area contributed by atoms with Gasteiger partial charge in [0.05, 0.1) is 11.6 Å². The molecular weight excluding hydrogens is 371 g/mol. The van der Waals surface area contributed by atoms with Crippen molar-refractivity contribution in [3.8, 4) is 11.4 Å². The van der Waals surface area contributed by atoms with E-state index in [9.17, 15) is 18.0 Å². The molecular formula is C20H18F3N3O2. The van der Waals surface area contributed by atoms with Crippen LogP contribution in [-0.2, 0) is 17.4 Å². The summed E-state index contributed by atoms with van der Waals surface area (Å²) in [7, 11) is 0. The fraction of sp³-hybridized carbons (Fsp3) is 0.250. The van der Waals surface area contributed by atoms with Crippen LogP contribution in [0.25, 0.3) is 11.4 Å². The number of halogens is 3. The molecule has 1 amide bonds. The third kappa shape index (κ3) is 4.97. The predicted octanol–water partition coefficient (Wildman–Crippen LogP) is 4.57. The third-order valence-electron chi connectivity index (χ3n) is 4.16. The highest BCUT2D eigenvalue weighted by Gasteiger charge is 2.30. The lowest BCUT2D eigenvalue weighted by Gasteiger charge is -2.13.